The number of benzene rings is 1. The number of hydrogen-bond acceptors (Lipinski definition) is 4. The summed E-state index contributed by atoms with van der Waals surface area (Å²) in [5.41, 5.74) is -1.04. The van der Waals surface area contributed by atoms with Crippen LogP contribution in [0.3, 0.4) is 0 Å². The van der Waals surface area contributed by atoms with E-state index in [4.69, 9.17) is 0 Å². The van der Waals surface area contributed by atoms with E-state index in [0.29, 0.717) is 12.5 Å². The van der Waals surface area contributed by atoms with Crippen molar-refractivity contribution in [2.24, 2.45) is 0 Å². The molecule has 3 heterocycles. The van der Waals surface area contributed by atoms with E-state index in [1.54, 1.807) is 7.05 Å². The monoisotopic (exact) mass is 454 g/mol. The number of fused-ring (bicyclic) bond motifs is 1. The van der Waals surface area contributed by atoms with Gasteiger partial charge < -0.3 is 10.0 Å². The Morgan fingerprint density at radius 3 is 2.53 bits per heavy atom. The van der Waals surface area contributed by atoms with Gasteiger partial charge in [-0.2, -0.15) is 18.3 Å². The number of piperidine rings is 1. The van der Waals surface area contributed by atoms with E-state index >= 15 is 0 Å². The van der Waals surface area contributed by atoms with E-state index in [1.165, 1.54) is 28.6 Å². The third-order valence-corrected chi connectivity index (χ3v) is 5.65. The fraction of sp³-hybridized carbons (Fsp3) is 0.381. The fourth-order valence-electron chi connectivity index (χ4n) is 4.09. The molecular formula is C21H19F5N4O2. The highest BCUT2D eigenvalue weighted by Gasteiger charge is 2.33. The van der Waals surface area contributed by atoms with Crippen LogP contribution in [-0.2, 0) is 11.0 Å². The van der Waals surface area contributed by atoms with Crippen LogP contribution in [0.2, 0.25) is 0 Å². The first kappa shape index (κ1) is 22.0. The summed E-state index contributed by atoms with van der Waals surface area (Å²) in [7, 11) is 1.59. The molecule has 0 saturated carbocycles. The first-order valence-corrected chi connectivity index (χ1v) is 9.79. The number of nitrogens with zero attached hydrogens (tertiary/aromatic N) is 4. The quantitative estimate of drug-likeness (QED) is 0.574. The van der Waals surface area contributed by atoms with E-state index in [0.717, 1.165) is 6.07 Å². The van der Waals surface area contributed by atoms with Crippen molar-refractivity contribution in [1.29, 1.82) is 0 Å². The predicted octanol–water partition coefficient (Wildman–Crippen LogP) is 4.86. The number of halogens is 5. The van der Waals surface area contributed by atoms with Crippen molar-refractivity contribution in [2.45, 2.75) is 38.4 Å². The predicted molar refractivity (Wildman–Crippen MR) is 105 cm³/mol. The molecule has 0 bridgehead atoms. The van der Waals surface area contributed by atoms with Gasteiger partial charge in [0.2, 0.25) is 5.91 Å². The third kappa shape index (κ3) is 3.76. The Labute approximate surface area is 179 Å². The molecular weight excluding hydrogens is 435 g/mol. The van der Waals surface area contributed by atoms with Crippen LogP contribution in [0.25, 0.3) is 22.3 Å². The standard InChI is InChI=1S/C21H19F5N4O2/c1-10-7-11(21(24,25)26)8-15(31)17(10)14-5-4-13-18(19(22)23)30(28-20(13)27-14)12-3-6-16(32)29(2)9-12/h4-5,7-8,12,19,31H,3,6,9H2,1-2H3. The summed E-state index contributed by atoms with van der Waals surface area (Å²) in [6, 6.07) is 3.77. The van der Waals surface area contributed by atoms with Crippen LogP contribution >= 0.6 is 0 Å². The molecule has 4 rings (SSSR count). The molecule has 1 N–H and O–H groups in total. The lowest BCUT2D eigenvalue weighted by Gasteiger charge is -2.30. The topological polar surface area (TPSA) is 71.2 Å². The molecule has 1 atom stereocenters. The van der Waals surface area contributed by atoms with E-state index in [1.807, 2.05) is 0 Å². The minimum atomic E-state index is -4.63. The van der Waals surface area contributed by atoms with Crippen molar-refractivity contribution in [1.82, 2.24) is 19.7 Å². The Bertz CT molecular complexity index is 1180. The van der Waals surface area contributed by atoms with Gasteiger partial charge >= 0.3 is 6.18 Å². The molecule has 2 aromatic heterocycles. The number of aryl methyl sites for hydroxylation is 1. The lowest BCUT2D eigenvalue weighted by atomic mass is 10.00. The molecule has 11 heteroatoms. The molecule has 1 aromatic carbocycles. The molecule has 0 radical (unpaired) electrons. The van der Waals surface area contributed by atoms with Gasteiger partial charge in [-0.1, -0.05) is 0 Å². The molecule has 170 valence electrons. The Hall–Kier alpha value is -3.24. The summed E-state index contributed by atoms with van der Waals surface area (Å²) in [6.45, 7) is 1.62. The number of pyridine rings is 1. The highest BCUT2D eigenvalue weighted by molar-refractivity contribution is 5.83. The van der Waals surface area contributed by atoms with Crippen LogP contribution in [0.1, 0.15) is 42.1 Å². The van der Waals surface area contributed by atoms with Gasteiger partial charge in [0.25, 0.3) is 6.43 Å². The highest BCUT2D eigenvalue weighted by atomic mass is 19.4. The summed E-state index contributed by atoms with van der Waals surface area (Å²) in [5, 5.41) is 14.6. The van der Waals surface area contributed by atoms with Crippen molar-refractivity contribution < 1.29 is 31.9 Å². The van der Waals surface area contributed by atoms with Crippen LogP contribution in [-0.4, -0.2) is 44.3 Å². The molecule has 1 amide bonds. The van der Waals surface area contributed by atoms with Crippen molar-refractivity contribution in [3.05, 3.63) is 41.1 Å². The number of carbonyl (C=O) groups excluding carboxylic acids is 1. The zero-order valence-corrected chi connectivity index (χ0v) is 17.1. The Balaban J connectivity index is 1.81. The van der Waals surface area contributed by atoms with Crippen molar-refractivity contribution in [3.63, 3.8) is 0 Å². The number of likely N-dealkylation sites (tertiary alicyclic amines) is 1. The second-order valence-electron chi connectivity index (χ2n) is 7.85. The number of amides is 1. The maximum atomic E-state index is 13.9. The number of likely N-dealkylation sites (N-methyl/N-ethyl adjacent to an activating group) is 1. The lowest BCUT2D eigenvalue weighted by molar-refractivity contribution is -0.137. The average Bonchev–Trinajstić information content (AvgIpc) is 3.08. The number of phenolic OH excluding ortho intramolecular Hbond substituents is 1. The molecule has 0 aliphatic carbocycles. The van der Waals surface area contributed by atoms with Crippen LogP contribution in [0.5, 0.6) is 5.75 Å². The summed E-state index contributed by atoms with van der Waals surface area (Å²) < 4.78 is 68.0. The smallest absolute Gasteiger partial charge is 0.416 e. The van der Waals surface area contributed by atoms with E-state index in [2.05, 4.69) is 10.1 Å². The van der Waals surface area contributed by atoms with Crippen LogP contribution in [0, 0.1) is 6.92 Å². The molecule has 0 spiro atoms. The molecule has 1 saturated heterocycles. The summed E-state index contributed by atoms with van der Waals surface area (Å²) in [4.78, 5) is 17.5. The van der Waals surface area contributed by atoms with Crippen LogP contribution in [0.15, 0.2) is 24.3 Å². The summed E-state index contributed by atoms with van der Waals surface area (Å²) >= 11 is 0. The van der Waals surface area contributed by atoms with Crippen molar-refractivity contribution in [2.75, 3.05) is 13.6 Å². The molecule has 1 unspecified atom stereocenters. The molecule has 3 aromatic rings. The first-order chi connectivity index (χ1) is 15.0. The van der Waals surface area contributed by atoms with Gasteiger partial charge in [-0.3, -0.25) is 9.48 Å². The lowest BCUT2D eigenvalue weighted by Crippen LogP contribution is -2.38. The van der Waals surface area contributed by atoms with Crippen LogP contribution in [0.4, 0.5) is 22.0 Å². The van der Waals surface area contributed by atoms with Gasteiger partial charge in [0, 0.05) is 31.0 Å². The normalized spacial score (nSPS) is 17.6. The number of phenols is 1. The van der Waals surface area contributed by atoms with E-state index < -0.39 is 30.0 Å². The van der Waals surface area contributed by atoms with Crippen molar-refractivity contribution >= 4 is 16.9 Å². The molecule has 1 aliphatic rings. The number of aromatic nitrogens is 3. The minimum Gasteiger partial charge on any atom is -0.507 e. The SMILES string of the molecule is Cc1cc(C(F)(F)F)cc(O)c1-c1ccc2c(C(F)F)n(C3CCC(=O)N(C)C3)nc2n1. The fourth-order valence-corrected chi connectivity index (χ4v) is 4.09. The van der Waals surface area contributed by atoms with Gasteiger partial charge in [0.15, 0.2) is 5.65 Å². The molecule has 6 nitrogen and oxygen atoms in total. The third-order valence-electron chi connectivity index (χ3n) is 5.65. The van der Waals surface area contributed by atoms with Crippen molar-refractivity contribution in [3.8, 4) is 17.0 Å². The first-order valence-electron chi connectivity index (χ1n) is 9.79. The summed E-state index contributed by atoms with van der Waals surface area (Å²) in [6.07, 6.45) is -6.92. The maximum Gasteiger partial charge on any atom is 0.416 e. The average molecular weight is 454 g/mol. The number of rotatable bonds is 3. The minimum absolute atomic E-state index is 0.0175. The van der Waals surface area contributed by atoms with Gasteiger partial charge in [-0.05, 0) is 43.2 Å². The molecule has 1 fully saturated rings. The zero-order valence-electron chi connectivity index (χ0n) is 17.1. The van der Waals surface area contributed by atoms with Gasteiger partial charge in [-0.25, -0.2) is 13.8 Å². The second-order valence-corrected chi connectivity index (χ2v) is 7.85. The maximum absolute atomic E-state index is 13.9. The van der Waals surface area contributed by atoms with Crippen LogP contribution < -0.4 is 0 Å². The van der Waals surface area contributed by atoms with E-state index in [9.17, 15) is 31.9 Å². The van der Waals surface area contributed by atoms with Gasteiger partial charge in [-0.15, -0.1) is 0 Å². The van der Waals surface area contributed by atoms with Gasteiger partial charge in [0.05, 0.1) is 17.3 Å². The number of hydrogen-bond donors (Lipinski definition) is 1. The Morgan fingerprint density at radius 1 is 1.22 bits per heavy atom. The highest BCUT2D eigenvalue weighted by Crippen LogP contribution is 2.40. The Kier molecular flexibility index (Phi) is 5.30. The number of carbonyl (C=O) groups is 1. The molecule has 32 heavy (non-hydrogen) atoms. The largest absolute Gasteiger partial charge is 0.507 e. The second kappa shape index (κ2) is 7.72. The molecule has 1 aliphatic heterocycles. The Morgan fingerprint density at radius 2 is 1.94 bits per heavy atom. The number of aromatic hydroxyl groups is 1. The van der Waals surface area contributed by atoms with E-state index in [-0.39, 0.29) is 52.4 Å². The van der Waals surface area contributed by atoms with Gasteiger partial charge in [0.1, 0.15) is 11.4 Å². The summed E-state index contributed by atoms with van der Waals surface area (Å²) in [5.74, 6) is -0.699. The zero-order chi connectivity index (χ0) is 23.4. The number of alkyl halides is 5.